The SMILES string of the molecule is C=C1OC1(C)C(C)(C)C(=O)NCC(=O)O.CC.CC.CCC(=O)NCC(=O)NCC(=O)NCC(=O)NCC(=O)NCC(=O)NCC(C)=O.CO.CO. The molecule has 0 saturated carbocycles. The first-order valence-electron chi connectivity index (χ1n) is 16.2. The van der Waals surface area contributed by atoms with Gasteiger partial charge in [0.1, 0.15) is 18.1 Å². The third-order valence-electron chi connectivity index (χ3n) is 6.06. The smallest absolute Gasteiger partial charge is 0.322 e. The van der Waals surface area contributed by atoms with Crippen molar-refractivity contribution < 1.29 is 63.2 Å². The number of aliphatic hydroxyl groups is 2. The summed E-state index contributed by atoms with van der Waals surface area (Å²) in [4.78, 5) is 101. The maximum absolute atomic E-state index is 11.7. The fourth-order valence-electron chi connectivity index (χ4n) is 2.85. The Bertz CT molecular complexity index is 1160. The lowest BCUT2D eigenvalue weighted by Gasteiger charge is -2.25. The molecule has 0 radical (unpaired) electrons. The number of hydrogen-bond donors (Lipinski definition) is 10. The number of carbonyl (C=O) groups excluding carboxylic acids is 8. The van der Waals surface area contributed by atoms with Crippen LogP contribution in [0.4, 0.5) is 0 Å². The molecule has 1 atom stereocenters. The Morgan fingerprint density at radius 2 is 0.865 bits per heavy atom. The molecule has 7 amide bonds. The quantitative estimate of drug-likeness (QED) is 0.0687. The van der Waals surface area contributed by atoms with Crippen molar-refractivity contribution in [1.29, 1.82) is 0 Å². The number of rotatable bonds is 17. The van der Waals surface area contributed by atoms with Crippen LogP contribution in [-0.2, 0) is 47.9 Å². The van der Waals surface area contributed by atoms with Gasteiger partial charge in [-0.2, -0.15) is 0 Å². The highest BCUT2D eigenvalue weighted by molar-refractivity contribution is 5.92. The van der Waals surface area contributed by atoms with Gasteiger partial charge in [0, 0.05) is 20.6 Å². The molecule has 0 aromatic heterocycles. The van der Waals surface area contributed by atoms with Crippen molar-refractivity contribution in [3.8, 4) is 0 Å². The van der Waals surface area contributed by atoms with Gasteiger partial charge in [-0.1, -0.05) is 41.2 Å². The molecule has 1 aliphatic rings. The Hall–Kier alpha value is -5.11. The van der Waals surface area contributed by atoms with Gasteiger partial charge in [-0.05, 0) is 27.7 Å². The molecule has 0 bridgehead atoms. The maximum Gasteiger partial charge on any atom is 0.322 e. The van der Waals surface area contributed by atoms with E-state index in [1.54, 1.807) is 27.7 Å². The highest BCUT2D eigenvalue weighted by Crippen LogP contribution is 2.52. The lowest BCUT2D eigenvalue weighted by atomic mass is 9.78. The first-order chi connectivity index (χ1) is 24.3. The van der Waals surface area contributed by atoms with Crippen LogP contribution in [0.1, 0.15) is 68.7 Å². The second kappa shape index (κ2) is 33.1. The first kappa shape index (κ1) is 56.3. The van der Waals surface area contributed by atoms with Crippen LogP contribution in [-0.4, -0.2) is 134 Å². The lowest BCUT2D eigenvalue weighted by Crippen LogP contribution is -2.46. The number of ether oxygens (including phenoxy) is 1. The van der Waals surface area contributed by atoms with E-state index in [-0.39, 0.29) is 56.7 Å². The summed E-state index contributed by atoms with van der Waals surface area (Å²) in [6, 6.07) is 0. The van der Waals surface area contributed by atoms with E-state index in [9.17, 15) is 43.2 Å². The molecule has 1 aliphatic heterocycles. The number of nitrogens with one attached hydrogen (secondary N) is 7. The molecule has 0 aliphatic carbocycles. The molecule has 0 aromatic carbocycles. The summed E-state index contributed by atoms with van der Waals surface area (Å²) in [5.74, 6) is -4.45. The molecular formula is C32H61N7O13. The highest BCUT2D eigenvalue weighted by atomic mass is 16.6. The summed E-state index contributed by atoms with van der Waals surface area (Å²) < 4.78 is 5.19. The van der Waals surface area contributed by atoms with Gasteiger partial charge in [-0.3, -0.25) is 43.2 Å². The van der Waals surface area contributed by atoms with Crippen LogP contribution < -0.4 is 37.2 Å². The van der Waals surface area contributed by atoms with Crippen molar-refractivity contribution in [3.63, 3.8) is 0 Å². The zero-order valence-corrected chi connectivity index (χ0v) is 32.3. The van der Waals surface area contributed by atoms with Crippen LogP contribution in [0.15, 0.2) is 12.3 Å². The maximum atomic E-state index is 11.7. The zero-order valence-electron chi connectivity index (χ0n) is 32.3. The summed E-state index contributed by atoms with van der Waals surface area (Å²) in [6.45, 7) is 17.4. The van der Waals surface area contributed by atoms with Crippen LogP contribution in [0, 0.1) is 5.41 Å². The molecule has 0 spiro atoms. The van der Waals surface area contributed by atoms with E-state index in [1.807, 2.05) is 27.7 Å². The standard InChI is InChI=1S/C16H26N6O7.C10H15NO4.2C2H6.2CH4O/c1-3-11(24)18-5-13(26)20-7-15(28)22-9-16(29)21-8-14(27)19-6-12(25)17-4-10(2)23;1-6-10(4,15-6)9(2,3)8(14)11-5-7(12)13;4*1-2/h3-9H2,1-2H3,(H,17,25)(H,18,24)(H,19,27)(H,20,26)(H,21,29)(H,22,28);1,5H2,2-4H3,(H,11,14)(H,12,13);2*1-2H3;2*2H,1H3. The number of aliphatic carboxylic acids is 1. The minimum Gasteiger partial charge on any atom is -0.480 e. The van der Waals surface area contributed by atoms with E-state index in [4.69, 9.17) is 20.1 Å². The topological polar surface area (TPSA) is 311 Å². The summed E-state index contributed by atoms with van der Waals surface area (Å²) in [5, 5.41) is 38.4. The van der Waals surface area contributed by atoms with Crippen LogP contribution >= 0.6 is 0 Å². The normalized spacial score (nSPS) is 12.8. The van der Waals surface area contributed by atoms with E-state index in [1.165, 1.54) is 6.92 Å². The number of carbonyl (C=O) groups is 9. The Balaban J connectivity index is -0.000000267. The van der Waals surface area contributed by atoms with Gasteiger partial charge in [-0.15, -0.1) is 0 Å². The van der Waals surface area contributed by atoms with Gasteiger partial charge in [0.2, 0.25) is 41.4 Å². The van der Waals surface area contributed by atoms with Gasteiger partial charge in [0.25, 0.3) is 0 Å². The van der Waals surface area contributed by atoms with Gasteiger partial charge in [0.05, 0.1) is 44.7 Å². The number of epoxide rings is 1. The van der Waals surface area contributed by atoms with Crippen molar-refractivity contribution in [3.05, 3.63) is 12.3 Å². The predicted molar refractivity (Wildman–Crippen MR) is 191 cm³/mol. The van der Waals surface area contributed by atoms with Crippen molar-refractivity contribution in [2.45, 2.75) is 74.3 Å². The van der Waals surface area contributed by atoms with Crippen LogP contribution in [0.2, 0.25) is 0 Å². The van der Waals surface area contributed by atoms with E-state index in [0.29, 0.717) is 5.76 Å². The van der Waals surface area contributed by atoms with E-state index >= 15 is 0 Å². The molecular weight excluding hydrogens is 690 g/mol. The average molecular weight is 752 g/mol. The number of aliphatic hydroxyl groups excluding tert-OH is 2. The molecule has 1 rings (SSSR count). The monoisotopic (exact) mass is 751 g/mol. The molecule has 0 aromatic rings. The molecule has 1 heterocycles. The van der Waals surface area contributed by atoms with Crippen LogP contribution in [0.5, 0.6) is 0 Å². The summed E-state index contributed by atoms with van der Waals surface area (Å²) in [5.41, 5.74) is -1.50. The molecule has 1 saturated heterocycles. The molecule has 1 fully saturated rings. The first-order valence-corrected chi connectivity index (χ1v) is 16.2. The average Bonchev–Trinajstić information content (AvgIpc) is 3.78. The van der Waals surface area contributed by atoms with Crippen molar-refractivity contribution in [2.24, 2.45) is 5.41 Å². The number of carboxylic acid groups (broad SMARTS) is 1. The number of hydrogen-bond acceptors (Lipinski definition) is 12. The second-order valence-corrected chi connectivity index (χ2v) is 9.98. The van der Waals surface area contributed by atoms with Crippen LogP contribution in [0.25, 0.3) is 0 Å². The minimum absolute atomic E-state index is 0.140. The number of Topliss-reactive ketones (excluding diaryl/α,β-unsaturated/α-hetero) is 1. The van der Waals surface area contributed by atoms with Gasteiger partial charge in [-0.25, -0.2) is 0 Å². The Kier molecular flexibility index (Phi) is 35.8. The van der Waals surface area contributed by atoms with E-state index in [2.05, 4.69) is 43.8 Å². The van der Waals surface area contributed by atoms with Crippen LogP contribution in [0.3, 0.4) is 0 Å². The second-order valence-electron chi connectivity index (χ2n) is 9.98. The third-order valence-corrected chi connectivity index (χ3v) is 6.06. The predicted octanol–water partition coefficient (Wildman–Crippen LogP) is -2.53. The number of amides is 7. The summed E-state index contributed by atoms with van der Waals surface area (Å²) in [7, 11) is 2.00. The largest absolute Gasteiger partial charge is 0.480 e. The van der Waals surface area contributed by atoms with E-state index in [0.717, 1.165) is 14.2 Å². The fourth-order valence-corrected chi connectivity index (χ4v) is 2.85. The number of carboxylic acids is 1. The minimum atomic E-state index is -1.07. The molecule has 20 nitrogen and oxygen atoms in total. The third kappa shape index (κ3) is 27.7. The Labute approximate surface area is 305 Å². The Morgan fingerprint density at radius 1 is 0.596 bits per heavy atom. The van der Waals surface area contributed by atoms with E-state index < -0.39 is 59.6 Å². The number of ketones is 1. The fraction of sp³-hybridized carbons (Fsp3) is 0.656. The molecule has 52 heavy (non-hydrogen) atoms. The van der Waals surface area contributed by atoms with Gasteiger partial charge < -0.3 is 57.3 Å². The molecule has 1 unspecified atom stereocenters. The molecule has 302 valence electrons. The molecule has 10 N–H and O–H groups in total. The lowest BCUT2D eigenvalue weighted by molar-refractivity contribution is -0.140. The summed E-state index contributed by atoms with van der Waals surface area (Å²) in [6.07, 6.45) is 0.230. The Morgan fingerprint density at radius 3 is 1.10 bits per heavy atom. The van der Waals surface area contributed by atoms with Crippen molar-refractivity contribution >= 4 is 53.1 Å². The van der Waals surface area contributed by atoms with Gasteiger partial charge >= 0.3 is 5.97 Å². The van der Waals surface area contributed by atoms with Crippen molar-refractivity contribution in [2.75, 3.05) is 60.0 Å². The molecule has 20 heteroatoms. The van der Waals surface area contributed by atoms with Gasteiger partial charge in [0.15, 0.2) is 5.60 Å². The summed E-state index contributed by atoms with van der Waals surface area (Å²) >= 11 is 0. The highest BCUT2D eigenvalue weighted by Gasteiger charge is 2.61. The van der Waals surface area contributed by atoms with Crippen molar-refractivity contribution in [1.82, 2.24) is 37.2 Å². The zero-order chi connectivity index (χ0) is 42.1.